The first-order valence-corrected chi connectivity index (χ1v) is 6.62. The summed E-state index contributed by atoms with van der Waals surface area (Å²) in [4.78, 5) is 4.51. The standard InChI is InChI=1S/C14H16BrN3/c1-10-3-2-4-13(17-10)14(18-16)9-11-5-7-12(15)8-6-11/h2-8,14,18H,9,16H2,1H3. The predicted octanol–water partition coefficient (Wildman–Crippen LogP) is 2.90. The number of halogens is 1. The molecule has 0 saturated carbocycles. The zero-order chi connectivity index (χ0) is 13.0. The summed E-state index contributed by atoms with van der Waals surface area (Å²) >= 11 is 3.43. The first kappa shape index (κ1) is 13.2. The Morgan fingerprint density at radius 1 is 1.22 bits per heavy atom. The van der Waals surface area contributed by atoms with Gasteiger partial charge in [-0.25, -0.2) is 0 Å². The molecule has 0 aliphatic heterocycles. The van der Waals surface area contributed by atoms with Gasteiger partial charge in [0.05, 0.1) is 11.7 Å². The lowest BCUT2D eigenvalue weighted by molar-refractivity contribution is 0.537. The summed E-state index contributed by atoms with van der Waals surface area (Å²) in [6.45, 7) is 1.98. The number of rotatable bonds is 4. The van der Waals surface area contributed by atoms with E-state index in [1.165, 1.54) is 5.56 Å². The van der Waals surface area contributed by atoms with E-state index in [1.807, 2.05) is 37.3 Å². The summed E-state index contributed by atoms with van der Waals surface area (Å²) in [5, 5.41) is 0. The highest BCUT2D eigenvalue weighted by atomic mass is 79.9. The van der Waals surface area contributed by atoms with Crippen LogP contribution in [0.3, 0.4) is 0 Å². The van der Waals surface area contributed by atoms with E-state index in [4.69, 9.17) is 5.84 Å². The van der Waals surface area contributed by atoms with Crippen molar-refractivity contribution >= 4 is 15.9 Å². The van der Waals surface area contributed by atoms with Crippen LogP contribution in [0.5, 0.6) is 0 Å². The van der Waals surface area contributed by atoms with Crippen molar-refractivity contribution in [2.45, 2.75) is 19.4 Å². The number of nitrogens with zero attached hydrogens (tertiary/aromatic N) is 1. The fourth-order valence-corrected chi connectivity index (χ4v) is 2.13. The number of hydrogen-bond donors (Lipinski definition) is 2. The molecule has 0 amide bonds. The average Bonchev–Trinajstić information content (AvgIpc) is 2.38. The molecule has 3 N–H and O–H groups in total. The Hall–Kier alpha value is -1.23. The Labute approximate surface area is 116 Å². The Morgan fingerprint density at radius 2 is 1.94 bits per heavy atom. The summed E-state index contributed by atoms with van der Waals surface area (Å²) in [5.74, 6) is 5.63. The van der Waals surface area contributed by atoms with Crippen molar-refractivity contribution in [1.29, 1.82) is 0 Å². The van der Waals surface area contributed by atoms with Crippen LogP contribution in [0.1, 0.15) is 23.0 Å². The van der Waals surface area contributed by atoms with E-state index in [-0.39, 0.29) is 6.04 Å². The number of hydrazine groups is 1. The second-order valence-electron chi connectivity index (χ2n) is 4.25. The molecule has 3 nitrogen and oxygen atoms in total. The topological polar surface area (TPSA) is 50.9 Å². The van der Waals surface area contributed by atoms with Gasteiger partial charge in [0.15, 0.2) is 0 Å². The third-order valence-electron chi connectivity index (χ3n) is 2.82. The van der Waals surface area contributed by atoms with Gasteiger partial charge in [0, 0.05) is 10.2 Å². The lowest BCUT2D eigenvalue weighted by Crippen LogP contribution is -2.30. The molecule has 4 heteroatoms. The highest BCUT2D eigenvalue weighted by molar-refractivity contribution is 9.10. The molecule has 0 saturated heterocycles. The van der Waals surface area contributed by atoms with Crippen LogP contribution in [0.25, 0.3) is 0 Å². The van der Waals surface area contributed by atoms with Crippen LogP contribution in [-0.4, -0.2) is 4.98 Å². The summed E-state index contributed by atoms with van der Waals surface area (Å²) in [7, 11) is 0. The van der Waals surface area contributed by atoms with Crippen LogP contribution in [0.15, 0.2) is 46.9 Å². The van der Waals surface area contributed by atoms with Gasteiger partial charge in [0.25, 0.3) is 0 Å². The van der Waals surface area contributed by atoms with Crippen LogP contribution < -0.4 is 11.3 Å². The molecule has 0 radical (unpaired) electrons. The fourth-order valence-electron chi connectivity index (χ4n) is 1.86. The van der Waals surface area contributed by atoms with E-state index in [1.54, 1.807) is 0 Å². The first-order chi connectivity index (χ1) is 8.69. The molecule has 2 rings (SSSR count). The second kappa shape index (κ2) is 6.09. The number of aryl methyl sites for hydroxylation is 1. The molecule has 18 heavy (non-hydrogen) atoms. The first-order valence-electron chi connectivity index (χ1n) is 5.83. The Kier molecular flexibility index (Phi) is 4.47. The van der Waals surface area contributed by atoms with Crippen LogP contribution in [0.2, 0.25) is 0 Å². The van der Waals surface area contributed by atoms with E-state index >= 15 is 0 Å². The predicted molar refractivity (Wildman–Crippen MR) is 76.9 cm³/mol. The maximum Gasteiger partial charge on any atom is 0.0672 e. The largest absolute Gasteiger partial charge is 0.271 e. The highest BCUT2D eigenvalue weighted by Crippen LogP contribution is 2.18. The Bertz CT molecular complexity index is 511. The number of aromatic nitrogens is 1. The third-order valence-corrected chi connectivity index (χ3v) is 3.35. The fraction of sp³-hybridized carbons (Fsp3) is 0.214. The molecule has 94 valence electrons. The SMILES string of the molecule is Cc1cccc(C(Cc2ccc(Br)cc2)NN)n1. The molecule has 0 spiro atoms. The maximum absolute atomic E-state index is 5.63. The van der Waals surface area contributed by atoms with Crippen molar-refractivity contribution in [1.82, 2.24) is 10.4 Å². The molecule has 1 aromatic heterocycles. The van der Waals surface area contributed by atoms with Gasteiger partial charge in [-0.2, -0.15) is 0 Å². The number of pyridine rings is 1. The third kappa shape index (κ3) is 3.38. The molecule has 0 bridgehead atoms. The Balaban J connectivity index is 2.17. The smallest absolute Gasteiger partial charge is 0.0672 e. The van der Waals surface area contributed by atoms with Crippen molar-refractivity contribution in [3.8, 4) is 0 Å². The number of nitrogens with two attached hydrogens (primary N) is 1. The van der Waals surface area contributed by atoms with Gasteiger partial charge in [-0.15, -0.1) is 0 Å². The van der Waals surface area contributed by atoms with Gasteiger partial charge in [-0.05, 0) is 43.2 Å². The lowest BCUT2D eigenvalue weighted by atomic mass is 10.0. The minimum atomic E-state index is 0.0334. The molecule has 1 unspecified atom stereocenters. The maximum atomic E-state index is 5.63. The van der Waals surface area contributed by atoms with Crippen LogP contribution in [-0.2, 0) is 6.42 Å². The van der Waals surface area contributed by atoms with Gasteiger partial charge < -0.3 is 0 Å². The van der Waals surface area contributed by atoms with Crippen molar-refractivity contribution in [2.75, 3.05) is 0 Å². The molecular weight excluding hydrogens is 290 g/mol. The minimum Gasteiger partial charge on any atom is -0.271 e. The zero-order valence-corrected chi connectivity index (χ0v) is 11.8. The molecule has 0 aliphatic carbocycles. The van der Waals surface area contributed by atoms with Gasteiger partial charge in [0.2, 0.25) is 0 Å². The molecule has 1 atom stereocenters. The average molecular weight is 306 g/mol. The van der Waals surface area contributed by atoms with E-state index in [9.17, 15) is 0 Å². The molecule has 1 aromatic carbocycles. The van der Waals surface area contributed by atoms with Gasteiger partial charge >= 0.3 is 0 Å². The van der Waals surface area contributed by atoms with Crippen LogP contribution >= 0.6 is 15.9 Å². The number of benzene rings is 1. The lowest BCUT2D eigenvalue weighted by Gasteiger charge is -2.16. The quantitative estimate of drug-likeness (QED) is 0.674. The molecule has 0 aliphatic rings. The second-order valence-corrected chi connectivity index (χ2v) is 5.17. The molecule has 0 fully saturated rings. The normalized spacial score (nSPS) is 12.4. The number of nitrogens with one attached hydrogen (secondary N) is 1. The number of hydrogen-bond acceptors (Lipinski definition) is 3. The van der Waals surface area contributed by atoms with Crippen LogP contribution in [0, 0.1) is 6.92 Å². The summed E-state index contributed by atoms with van der Waals surface area (Å²) < 4.78 is 1.08. The monoisotopic (exact) mass is 305 g/mol. The van der Waals surface area contributed by atoms with Crippen molar-refractivity contribution < 1.29 is 0 Å². The van der Waals surface area contributed by atoms with E-state index in [2.05, 4.69) is 38.5 Å². The van der Waals surface area contributed by atoms with Crippen molar-refractivity contribution in [2.24, 2.45) is 5.84 Å². The zero-order valence-electron chi connectivity index (χ0n) is 10.2. The molecule has 2 aromatic rings. The molecule has 1 heterocycles. The van der Waals surface area contributed by atoms with Crippen LogP contribution in [0.4, 0.5) is 0 Å². The van der Waals surface area contributed by atoms with E-state index in [0.29, 0.717) is 0 Å². The summed E-state index contributed by atoms with van der Waals surface area (Å²) in [6, 6.07) is 14.3. The van der Waals surface area contributed by atoms with Gasteiger partial charge in [-0.3, -0.25) is 16.3 Å². The minimum absolute atomic E-state index is 0.0334. The molecular formula is C14H16BrN3. The Morgan fingerprint density at radius 3 is 2.56 bits per heavy atom. The van der Waals surface area contributed by atoms with Crippen molar-refractivity contribution in [3.05, 3.63) is 63.9 Å². The van der Waals surface area contributed by atoms with Gasteiger partial charge in [0.1, 0.15) is 0 Å². The van der Waals surface area contributed by atoms with E-state index in [0.717, 1.165) is 22.3 Å². The van der Waals surface area contributed by atoms with E-state index < -0.39 is 0 Å². The van der Waals surface area contributed by atoms with Gasteiger partial charge in [-0.1, -0.05) is 34.1 Å². The summed E-state index contributed by atoms with van der Waals surface area (Å²) in [6.07, 6.45) is 0.820. The van der Waals surface area contributed by atoms with Crippen molar-refractivity contribution in [3.63, 3.8) is 0 Å². The highest BCUT2D eigenvalue weighted by Gasteiger charge is 2.11. The summed E-state index contributed by atoms with van der Waals surface area (Å²) in [5.41, 5.74) is 6.04.